The molecule has 1 N–H and O–H groups in total. The van der Waals surface area contributed by atoms with Gasteiger partial charge >= 0.3 is 0 Å². The largest absolute Gasteiger partial charge is 0.279 e. The van der Waals surface area contributed by atoms with E-state index in [1.165, 1.54) is 24.3 Å². The monoisotopic (exact) mass is 325 g/mol. The Morgan fingerprint density at radius 3 is 2.50 bits per heavy atom. The van der Waals surface area contributed by atoms with E-state index in [2.05, 4.69) is 4.72 Å². The van der Waals surface area contributed by atoms with Crippen LogP contribution in [0.4, 0.5) is 10.1 Å². The van der Waals surface area contributed by atoms with Crippen molar-refractivity contribution in [2.75, 3.05) is 4.72 Å². The van der Waals surface area contributed by atoms with Gasteiger partial charge in [0.1, 0.15) is 15.0 Å². The van der Waals surface area contributed by atoms with Crippen LogP contribution >= 0.6 is 34.5 Å². The Balaban J connectivity index is 2.36. The summed E-state index contributed by atoms with van der Waals surface area (Å²) < 4.78 is 39.5. The van der Waals surface area contributed by atoms with Crippen molar-refractivity contribution in [1.82, 2.24) is 0 Å². The summed E-state index contributed by atoms with van der Waals surface area (Å²) in [4.78, 5) is -0.122. The van der Waals surface area contributed by atoms with Crippen LogP contribution < -0.4 is 4.72 Å². The van der Waals surface area contributed by atoms with Crippen LogP contribution in [-0.4, -0.2) is 8.42 Å². The van der Waals surface area contributed by atoms with Gasteiger partial charge in [0.2, 0.25) is 0 Å². The van der Waals surface area contributed by atoms with Crippen LogP contribution in [0, 0.1) is 5.82 Å². The summed E-state index contributed by atoms with van der Waals surface area (Å²) in [5.74, 6) is -0.537. The Kier molecular flexibility index (Phi) is 3.82. The molecule has 2 rings (SSSR count). The van der Waals surface area contributed by atoms with Gasteiger partial charge in [-0.2, -0.15) is 0 Å². The number of rotatable bonds is 3. The van der Waals surface area contributed by atoms with E-state index in [1.54, 1.807) is 0 Å². The van der Waals surface area contributed by atoms with E-state index in [0.29, 0.717) is 0 Å². The van der Waals surface area contributed by atoms with Gasteiger partial charge in [0.25, 0.3) is 10.0 Å². The smallest absolute Gasteiger partial charge is 0.264 e. The van der Waals surface area contributed by atoms with Crippen molar-refractivity contribution in [3.05, 3.63) is 44.8 Å². The summed E-state index contributed by atoms with van der Waals surface area (Å²) in [6, 6.07) is 6.36. The second-order valence-corrected chi connectivity index (χ2v) is 7.24. The second-order valence-electron chi connectivity index (χ2n) is 3.30. The van der Waals surface area contributed by atoms with Crippen LogP contribution in [0.25, 0.3) is 0 Å². The highest BCUT2D eigenvalue weighted by molar-refractivity contribution is 7.93. The molecule has 1 heterocycles. The zero-order valence-electron chi connectivity index (χ0n) is 8.65. The molecule has 0 spiro atoms. The van der Waals surface area contributed by atoms with Crippen molar-refractivity contribution in [3.8, 4) is 0 Å². The molecule has 0 aliphatic heterocycles. The van der Waals surface area contributed by atoms with E-state index in [0.717, 1.165) is 17.4 Å². The first-order chi connectivity index (χ1) is 8.38. The zero-order valence-corrected chi connectivity index (χ0v) is 11.8. The van der Waals surface area contributed by atoms with E-state index in [4.69, 9.17) is 23.2 Å². The van der Waals surface area contributed by atoms with Gasteiger partial charge in [-0.25, -0.2) is 12.8 Å². The van der Waals surface area contributed by atoms with Crippen molar-refractivity contribution in [3.63, 3.8) is 0 Å². The summed E-state index contributed by atoms with van der Waals surface area (Å²) >= 11 is 12.4. The third-order valence-electron chi connectivity index (χ3n) is 1.99. The first kappa shape index (κ1) is 13.6. The quantitative estimate of drug-likeness (QED) is 0.927. The minimum atomic E-state index is -3.86. The van der Waals surface area contributed by atoms with E-state index >= 15 is 0 Å². The average Bonchev–Trinajstić information content (AvgIpc) is 2.58. The molecule has 96 valence electrons. The van der Waals surface area contributed by atoms with Gasteiger partial charge in [0.15, 0.2) is 0 Å². The Morgan fingerprint density at radius 2 is 1.94 bits per heavy atom. The maximum atomic E-state index is 12.9. The number of hydrogen-bond donors (Lipinski definition) is 1. The second kappa shape index (κ2) is 5.05. The van der Waals surface area contributed by atoms with Gasteiger partial charge in [0, 0.05) is 0 Å². The molecule has 0 aliphatic carbocycles. The molecule has 18 heavy (non-hydrogen) atoms. The van der Waals surface area contributed by atoms with E-state index in [1.807, 2.05) is 0 Å². The Bertz CT molecular complexity index is 685. The topological polar surface area (TPSA) is 46.2 Å². The zero-order chi connectivity index (χ0) is 13.3. The molecule has 0 amide bonds. The normalized spacial score (nSPS) is 11.5. The molecule has 8 heteroatoms. The lowest BCUT2D eigenvalue weighted by molar-refractivity contribution is 0.601. The summed E-state index contributed by atoms with van der Waals surface area (Å²) in [7, 11) is -3.86. The number of anilines is 1. The van der Waals surface area contributed by atoms with Gasteiger partial charge in [0.05, 0.1) is 10.0 Å². The molecule has 0 radical (unpaired) electrons. The molecule has 0 bridgehead atoms. The maximum Gasteiger partial charge on any atom is 0.264 e. The Morgan fingerprint density at radius 1 is 1.22 bits per heavy atom. The molecule has 0 saturated carbocycles. The Labute approximate surface area is 117 Å². The molecule has 1 aromatic carbocycles. The third-order valence-corrected chi connectivity index (χ3v) is 5.13. The molecule has 1 aromatic heterocycles. The van der Waals surface area contributed by atoms with Crippen LogP contribution in [0.15, 0.2) is 35.2 Å². The van der Waals surface area contributed by atoms with E-state index in [-0.39, 0.29) is 19.3 Å². The molecular formula is C10H6Cl2FNO2S2. The highest BCUT2D eigenvalue weighted by Crippen LogP contribution is 2.35. The summed E-state index contributed by atoms with van der Waals surface area (Å²) in [6.45, 7) is 0. The first-order valence-corrected chi connectivity index (χ1v) is 7.67. The minimum Gasteiger partial charge on any atom is -0.279 e. The maximum absolute atomic E-state index is 12.9. The number of thiophene rings is 1. The van der Waals surface area contributed by atoms with Gasteiger partial charge in [-0.15, -0.1) is 11.3 Å². The molecule has 0 atom stereocenters. The third kappa shape index (κ3) is 2.95. The van der Waals surface area contributed by atoms with E-state index in [9.17, 15) is 12.8 Å². The number of nitrogens with one attached hydrogen (secondary N) is 1. The molecule has 2 aromatic rings. The van der Waals surface area contributed by atoms with Crippen LogP contribution in [0.1, 0.15) is 0 Å². The van der Waals surface area contributed by atoms with Crippen molar-refractivity contribution in [2.45, 2.75) is 4.90 Å². The van der Waals surface area contributed by atoms with E-state index < -0.39 is 15.8 Å². The summed E-state index contributed by atoms with van der Waals surface area (Å²) in [5.41, 5.74) is 0.119. The predicted molar refractivity (Wildman–Crippen MR) is 71.5 cm³/mol. The highest BCUT2D eigenvalue weighted by Gasteiger charge is 2.21. The van der Waals surface area contributed by atoms with Gasteiger partial charge in [-0.3, -0.25) is 4.72 Å². The lowest BCUT2D eigenvalue weighted by Crippen LogP contribution is -2.12. The van der Waals surface area contributed by atoms with Gasteiger partial charge in [-0.05, 0) is 24.3 Å². The van der Waals surface area contributed by atoms with Crippen molar-refractivity contribution < 1.29 is 12.8 Å². The lowest BCUT2D eigenvalue weighted by Gasteiger charge is -2.06. The molecule has 0 unspecified atom stereocenters. The number of halogens is 3. The standard InChI is InChI=1S/C10H6Cl2FNO2S2/c11-9-5-8(10(12)17-9)18(15,16)14-7-3-1-2-6(13)4-7/h1-5,14H. The van der Waals surface area contributed by atoms with Crippen LogP contribution in [0.3, 0.4) is 0 Å². The van der Waals surface area contributed by atoms with Crippen molar-refractivity contribution in [2.24, 2.45) is 0 Å². The first-order valence-electron chi connectivity index (χ1n) is 4.62. The van der Waals surface area contributed by atoms with Gasteiger partial charge in [-0.1, -0.05) is 29.3 Å². The highest BCUT2D eigenvalue weighted by atomic mass is 35.5. The number of sulfonamides is 1. The fourth-order valence-electron chi connectivity index (χ4n) is 1.27. The minimum absolute atomic E-state index is 0.0592. The fraction of sp³-hybridized carbons (Fsp3) is 0. The SMILES string of the molecule is O=S(=O)(Nc1cccc(F)c1)c1cc(Cl)sc1Cl. The van der Waals surface area contributed by atoms with Crippen LogP contribution in [0.2, 0.25) is 8.67 Å². The number of benzene rings is 1. The molecule has 0 saturated heterocycles. The predicted octanol–water partition coefficient (Wildman–Crippen LogP) is 3.99. The molecular weight excluding hydrogens is 320 g/mol. The number of hydrogen-bond acceptors (Lipinski definition) is 3. The van der Waals surface area contributed by atoms with Crippen LogP contribution in [-0.2, 0) is 10.0 Å². The summed E-state index contributed by atoms with van der Waals surface area (Å²) in [6.07, 6.45) is 0. The summed E-state index contributed by atoms with van der Waals surface area (Å²) in [5, 5.41) is 0. The van der Waals surface area contributed by atoms with Crippen LogP contribution in [0.5, 0.6) is 0 Å². The Hall–Kier alpha value is -0.820. The molecule has 0 aliphatic rings. The lowest BCUT2D eigenvalue weighted by atomic mass is 10.3. The van der Waals surface area contributed by atoms with Crippen molar-refractivity contribution in [1.29, 1.82) is 0 Å². The average molecular weight is 326 g/mol. The van der Waals surface area contributed by atoms with Crippen molar-refractivity contribution >= 4 is 50.2 Å². The molecule has 0 fully saturated rings. The van der Waals surface area contributed by atoms with Gasteiger partial charge < -0.3 is 0 Å². The fourth-order valence-corrected chi connectivity index (χ4v) is 4.47. The molecule has 3 nitrogen and oxygen atoms in total.